The van der Waals surface area contributed by atoms with Gasteiger partial charge in [-0.15, -0.1) is 0 Å². The number of piperidine rings is 1. The summed E-state index contributed by atoms with van der Waals surface area (Å²) in [6.07, 6.45) is 3.65. The number of aromatic nitrogens is 2. The molecular formula is C23H24BrN3O2. The van der Waals surface area contributed by atoms with Gasteiger partial charge < -0.3 is 9.72 Å². The Labute approximate surface area is 178 Å². The molecule has 1 aromatic heterocycles. The Hall–Kier alpha value is -2.34. The molecule has 1 aliphatic carbocycles. The highest BCUT2D eigenvalue weighted by Gasteiger charge is 2.56. The Morgan fingerprint density at radius 2 is 1.93 bits per heavy atom. The molecule has 1 N–H and O–H groups in total. The number of carbonyl (C=O) groups is 1. The molecule has 0 radical (unpaired) electrons. The van der Waals surface area contributed by atoms with Crippen molar-refractivity contribution < 1.29 is 9.53 Å². The summed E-state index contributed by atoms with van der Waals surface area (Å²) in [5.74, 6) is 1.41. The molecule has 2 aromatic carbocycles. The molecule has 0 spiro atoms. The quantitative estimate of drug-likeness (QED) is 0.512. The third-order valence-electron chi connectivity index (χ3n) is 5.73. The molecule has 5 nitrogen and oxygen atoms in total. The summed E-state index contributed by atoms with van der Waals surface area (Å²) in [4.78, 5) is 22.8. The number of rotatable bonds is 2. The van der Waals surface area contributed by atoms with Crippen LogP contribution in [0.5, 0.6) is 0 Å². The summed E-state index contributed by atoms with van der Waals surface area (Å²) < 4.78 is 6.73. The van der Waals surface area contributed by atoms with Crippen LogP contribution in [0.4, 0.5) is 4.79 Å². The third kappa shape index (κ3) is 3.54. The lowest BCUT2D eigenvalue weighted by Crippen LogP contribution is -2.38. The topological polar surface area (TPSA) is 58.2 Å². The molecule has 2 fully saturated rings. The number of benzene rings is 2. The first-order valence-corrected chi connectivity index (χ1v) is 10.8. The average molecular weight is 454 g/mol. The minimum Gasteiger partial charge on any atom is -0.444 e. The second kappa shape index (κ2) is 6.59. The smallest absolute Gasteiger partial charge is 0.411 e. The van der Waals surface area contributed by atoms with Crippen LogP contribution in [-0.2, 0) is 4.74 Å². The van der Waals surface area contributed by atoms with Crippen LogP contribution in [0.25, 0.3) is 22.0 Å². The van der Waals surface area contributed by atoms with Crippen molar-refractivity contribution in [2.24, 2.45) is 5.92 Å². The van der Waals surface area contributed by atoms with Crippen molar-refractivity contribution in [1.29, 1.82) is 0 Å². The highest BCUT2D eigenvalue weighted by atomic mass is 79.9. The molecule has 150 valence electrons. The number of nitrogens with zero attached hydrogens (tertiary/aromatic N) is 2. The second-order valence-electron chi connectivity index (χ2n) is 9.09. The van der Waals surface area contributed by atoms with E-state index in [0.717, 1.165) is 34.4 Å². The highest BCUT2D eigenvalue weighted by molar-refractivity contribution is 9.10. The number of carbonyl (C=O) groups excluding carboxylic acids is 1. The zero-order valence-electron chi connectivity index (χ0n) is 16.8. The number of nitrogens with one attached hydrogen (secondary N) is 1. The number of hydrogen-bond donors (Lipinski definition) is 1. The molecule has 3 aromatic rings. The number of fused-ring (bicyclic) bond motifs is 2. The predicted octanol–water partition coefficient (Wildman–Crippen LogP) is 6.06. The van der Waals surface area contributed by atoms with Gasteiger partial charge in [0.25, 0.3) is 0 Å². The number of H-pyrrole nitrogens is 1. The van der Waals surface area contributed by atoms with Crippen LogP contribution >= 0.6 is 15.9 Å². The van der Waals surface area contributed by atoms with E-state index in [-0.39, 0.29) is 12.1 Å². The van der Waals surface area contributed by atoms with Gasteiger partial charge in [0.05, 0.1) is 17.9 Å². The van der Waals surface area contributed by atoms with E-state index in [4.69, 9.17) is 4.74 Å². The van der Waals surface area contributed by atoms with Gasteiger partial charge in [0.15, 0.2) is 0 Å². The molecule has 1 unspecified atom stereocenters. The molecule has 0 bridgehead atoms. The highest BCUT2D eigenvalue weighted by Crippen LogP contribution is 2.53. The maximum absolute atomic E-state index is 12.8. The van der Waals surface area contributed by atoms with E-state index in [1.807, 2.05) is 37.9 Å². The first-order chi connectivity index (χ1) is 13.8. The molecule has 29 heavy (non-hydrogen) atoms. The van der Waals surface area contributed by atoms with Crippen LogP contribution in [0, 0.1) is 5.92 Å². The van der Waals surface area contributed by atoms with Crippen LogP contribution in [0.15, 0.2) is 47.1 Å². The van der Waals surface area contributed by atoms with E-state index >= 15 is 0 Å². The van der Waals surface area contributed by atoms with E-state index in [0.29, 0.717) is 12.0 Å². The van der Waals surface area contributed by atoms with Crippen molar-refractivity contribution in [1.82, 2.24) is 14.9 Å². The van der Waals surface area contributed by atoms with Gasteiger partial charge in [-0.05, 0) is 68.5 Å². The Morgan fingerprint density at radius 1 is 1.17 bits per heavy atom. The van der Waals surface area contributed by atoms with Crippen molar-refractivity contribution in [2.75, 3.05) is 0 Å². The van der Waals surface area contributed by atoms with Crippen molar-refractivity contribution in [3.05, 3.63) is 52.9 Å². The summed E-state index contributed by atoms with van der Waals surface area (Å²) in [6, 6.07) is 12.9. The van der Waals surface area contributed by atoms with Gasteiger partial charge in [-0.1, -0.05) is 34.1 Å². The van der Waals surface area contributed by atoms with Gasteiger partial charge in [0, 0.05) is 16.1 Å². The number of aromatic amines is 1. The van der Waals surface area contributed by atoms with Gasteiger partial charge in [-0.2, -0.15) is 0 Å². The van der Waals surface area contributed by atoms with Crippen LogP contribution in [-0.4, -0.2) is 32.6 Å². The SMILES string of the molecule is CC(C)(C)OC(=O)N1C(c2ncc(-c3ccc4cc(Br)ccc4c3)[nH]2)C[C@H]2C[C@H]21. The first-order valence-electron chi connectivity index (χ1n) is 10.0. The number of likely N-dealkylation sites (tertiary alicyclic amines) is 1. The summed E-state index contributed by atoms with van der Waals surface area (Å²) in [6.45, 7) is 5.72. The average Bonchev–Trinajstić information content (AvgIpc) is 3.09. The predicted molar refractivity (Wildman–Crippen MR) is 117 cm³/mol. The fraction of sp³-hybridized carbons (Fsp3) is 0.391. The molecule has 3 atom stereocenters. The Balaban J connectivity index is 1.42. The standard InChI is InChI=1S/C23H24BrN3O2/c1-23(2,3)29-22(28)27-19-10-16(19)11-20(27)21-25-12-18(26-21)15-5-4-14-9-17(24)7-6-13(14)8-15/h4-9,12,16,19-20H,10-11H2,1-3H3,(H,25,26)/t16-,19-,20?/m1/s1. The van der Waals surface area contributed by atoms with Crippen molar-refractivity contribution >= 4 is 32.8 Å². The minimum atomic E-state index is -0.497. The number of halogens is 1. The van der Waals surface area contributed by atoms with E-state index in [1.165, 1.54) is 10.8 Å². The van der Waals surface area contributed by atoms with E-state index in [2.05, 4.69) is 56.2 Å². The minimum absolute atomic E-state index is 0.0428. The fourth-order valence-electron chi connectivity index (χ4n) is 4.31. The summed E-state index contributed by atoms with van der Waals surface area (Å²) in [5.41, 5.74) is 1.56. The lowest BCUT2D eigenvalue weighted by Gasteiger charge is -2.29. The first kappa shape index (κ1) is 18.7. The molecule has 2 heterocycles. The molecule has 1 saturated heterocycles. The van der Waals surface area contributed by atoms with Crippen LogP contribution < -0.4 is 0 Å². The lowest BCUT2D eigenvalue weighted by molar-refractivity contribution is 0.0175. The summed E-state index contributed by atoms with van der Waals surface area (Å²) in [5, 5.41) is 2.37. The summed E-state index contributed by atoms with van der Waals surface area (Å²) >= 11 is 3.52. The Morgan fingerprint density at radius 3 is 2.72 bits per heavy atom. The van der Waals surface area contributed by atoms with E-state index in [1.54, 1.807) is 0 Å². The molecule has 2 aliphatic rings. The Bertz CT molecular complexity index is 1100. The maximum atomic E-state index is 12.8. The third-order valence-corrected chi connectivity index (χ3v) is 6.23. The fourth-order valence-corrected chi connectivity index (χ4v) is 4.69. The monoisotopic (exact) mass is 453 g/mol. The maximum Gasteiger partial charge on any atom is 0.411 e. The zero-order valence-corrected chi connectivity index (χ0v) is 18.4. The molecule has 1 saturated carbocycles. The Kier molecular flexibility index (Phi) is 4.24. The van der Waals surface area contributed by atoms with E-state index in [9.17, 15) is 4.79 Å². The number of hydrogen-bond acceptors (Lipinski definition) is 3. The molecule has 6 heteroatoms. The number of imidazole rings is 1. The molecular weight excluding hydrogens is 430 g/mol. The zero-order chi connectivity index (χ0) is 20.3. The van der Waals surface area contributed by atoms with Gasteiger partial charge >= 0.3 is 6.09 Å². The van der Waals surface area contributed by atoms with Crippen molar-refractivity contribution in [2.45, 2.75) is 51.3 Å². The molecule has 1 amide bonds. The van der Waals surface area contributed by atoms with Crippen LogP contribution in [0.3, 0.4) is 0 Å². The van der Waals surface area contributed by atoms with Gasteiger partial charge in [-0.25, -0.2) is 9.78 Å². The van der Waals surface area contributed by atoms with E-state index < -0.39 is 5.60 Å². The van der Waals surface area contributed by atoms with Crippen LogP contribution in [0.1, 0.15) is 45.5 Å². The second-order valence-corrected chi connectivity index (χ2v) is 10.0. The van der Waals surface area contributed by atoms with Crippen LogP contribution in [0.2, 0.25) is 0 Å². The normalized spacial score (nSPS) is 23.3. The lowest BCUT2D eigenvalue weighted by atomic mass is 10.1. The molecule has 5 rings (SSSR count). The van der Waals surface area contributed by atoms with Gasteiger partial charge in [0.2, 0.25) is 0 Å². The van der Waals surface area contributed by atoms with Gasteiger partial charge in [0.1, 0.15) is 11.4 Å². The molecule has 1 aliphatic heterocycles. The number of amides is 1. The summed E-state index contributed by atoms with van der Waals surface area (Å²) in [7, 11) is 0. The van der Waals surface area contributed by atoms with Crippen molar-refractivity contribution in [3.8, 4) is 11.3 Å². The number of ether oxygens (including phenoxy) is 1. The van der Waals surface area contributed by atoms with Gasteiger partial charge in [-0.3, -0.25) is 4.90 Å². The largest absolute Gasteiger partial charge is 0.444 e. The van der Waals surface area contributed by atoms with Crippen molar-refractivity contribution in [3.63, 3.8) is 0 Å².